The van der Waals surface area contributed by atoms with Crippen LogP contribution < -0.4 is 0 Å². The van der Waals surface area contributed by atoms with Crippen molar-refractivity contribution < 1.29 is 5.11 Å². The Labute approximate surface area is 220 Å². The molecule has 1 aliphatic rings. The number of aromatic nitrogens is 4. The molecule has 9 heteroatoms. The molecule has 0 atom stereocenters. The Balaban J connectivity index is 1.48. The molecular weight excluding hydrogens is 482 g/mol. The lowest BCUT2D eigenvalue weighted by Crippen LogP contribution is -2.37. The van der Waals surface area contributed by atoms with Gasteiger partial charge in [-0.15, -0.1) is 0 Å². The summed E-state index contributed by atoms with van der Waals surface area (Å²) in [4.78, 5) is 3.97. The van der Waals surface area contributed by atoms with Crippen LogP contribution >= 0.6 is 11.8 Å². The third-order valence-electron chi connectivity index (χ3n) is 7.37. The highest BCUT2D eigenvalue weighted by atomic mass is 32.2. The Morgan fingerprint density at radius 3 is 2.54 bits per heavy atom. The standard InChI is InChI=1S/C28H29N7OS/c1-19-25(17-32-35(19)24-9-7-23(8-10-24)33(2)11-12-36)21-13-27(28-22(15-30)16-31-34(28)18-21)37-26-6-4-3-5-20(26)14-29/h3-6,13,16-18,23-24,36H,7-12H2,1-2H3. The van der Waals surface area contributed by atoms with Gasteiger partial charge in [-0.2, -0.15) is 20.7 Å². The van der Waals surface area contributed by atoms with Gasteiger partial charge in [-0.25, -0.2) is 4.52 Å². The van der Waals surface area contributed by atoms with E-state index in [-0.39, 0.29) is 6.61 Å². The van der Waals surface area contributed by atoms with Gasteiger partial charge in [0.2, 0.25) is 0 Å². The van der Waals surface area contributed by atoms with Crippen LogP contribution in [0.4, 0.5) is 0 Å². The maximum absolute atomic E-state index is 9.68. The summed E-state index contributed by atoms with van der Waals surface area (Å²) in [5.74, 6) is 0. The van der Waals surface area contributed by atoms with Crippen molar-refractivity contribution in [3.05, 3.63) is 65.7 Å². The normalized spacial score (nSPS) is 17.7. The van der Waals surface area contributed by atoms with Gasteiger partial charge < -0.3 is 10.0 Å². The van der Waals surface area contributed by atoms with E-state index in [9.17, 15) is 15.6 Å². The van der Waals surface area contributed by atoms with Crippen LogP contribution in [0.3, 0.4) is 0 Å². The molecular formula is C28H29N7OS. The first-order chi connectivity index (χ1) is 18.0. The van der Waals surface area contributed by atoms with Gasteiger partial charge in [-0.3, -0.25) is 4.68 Å². The van der Waals surface area contributed by atoms with Crippen LogP contribution in [0.2, 0.25) is 0 Å². The van der Waals surface area contributed by atoms with Crippen LogP contribution in [0.1, 0.15) is 48.5 Å². The Morgan fingerprint density at radius 2 is 1.81 bits per heavy atom. The van der Waals surface area contributed by atoms with Gasteiger partial charge in [0, 0.05) is 45.4 Å². The number of hydrogen-bond donors (Lipinski definition) is 1. The Bertz CT molecular complexity index is 1500. The summed E-state index contributed by atoms with van der Waals surface area (Å²) in [5.41, 5.74) is 4.94. The number of rotatable bonds is 7. The molecule has 1 aromatic carbocycles. The Hall–Kier alpha value is -3.63. The highest BCUT2D eigenvalue weighted by Crippen LogP contribution is 2.39. The number of pyridine rings is 1. The molecule has 4 aromatic rings. The smallest absolute Gasteiger partial charge is 0.103 e. The van der Waals surface area contributed by atoms with E-state index < -0.39 is 0 Å². The lowest BCUT2D eigenvalue weighted by Gasteiger charge is -2.34. The molecule has 0 unspecified atom stereocenters. The first-order valence-corrected chi connectivity index (χ1v) is 13.3. The quantitative estimate of drug-likeness (QED) is 0.379. The van der Waals surface area contributed by atoms with Crippen LogP contribution in [-0.4, -0.2) is 55.6 Å². The molecule has 188 valence electrons. The van der Waals surface area contributed by atoms with Crippen molar-refractivity contribution in [3.8, 4) is 23.3 Å². The van der Waals surface area contributed by atoms with E-state index in [0.717, 1.165) is 57.8 Å². The second kappa shape index (κ2) is 10.8. The van der Waals surface area contributed by atoms with Gasteiger partial charge in [0.25, 0.3) is 0 Å². The van der Waals surface area contributed by atoms with Crippen molar-refractivity contribution in [1.82, 2.24) is 24.3 Å². The minimum Gasteiger partial charge on any atom is -0.395 e. The van der Waals surface area contributed by atoms with Gasteiger partial charge in [0.05, 0.1) is 41.7 Å². The number of nitriles is 2. The van der Waals surface area contributed by atoms with Crippen molar-refractivity contribution in [1.29, 1.82) is 10.5 Å². The number of likely N-dealkylation sites (N-methyl/N-ethyl adjacent to an activating group) is 1. The molecule has 0 aliphatic heterocycles. The lowest BCUT2D eigenvalue weighted by atomic mass is 9.90. The molecule has 37 heavy (non-hydrogen) atoms. The number of fused-ring (bicyclic) bond motifs is 1. The van der Waals surface area contributed by atoms with Crippen molar-refractivity contribution in [2.75, 3.05) is 20.2 Å². The molecule has 0 amide bonds. The van der Waals surface area contributed by atoms with E-state index in [2.05, 4.69) is 46.9 Å². The average Bonchev–Trinajstić information content (AvgIpc) is 3.52. The molecule has 1 aliphatic carbocycles. The molecule has 1 fully saturated rings. The Morgan fingerprint density at radius 1 is 1.05 bits per heavy atom. The van der Waals surface area contributed by atoms with Crippen LogP contribution in [0.15, 0.2) is 58.7 Å². The van der Waals surface area contributed by atoms with Crippen LogP contribution in [0, 0.1) is 29.6 Å². The minimum atomic E-state index is 0.191. The second-order valence-electron chi connectivity index (χ2n) is 9.52. The summed E-state index contributed by atoms with van der Waals surface area (Å²) in [6, 6.07) is 14.9. The van der Waals surface area contributed by atoms with E-state index in [1.165, 1.54) is 11.8 Å². The lowest BCUT2D eigenvalue weighted by molar-refractivity contribution is 0.134. The molecule has 0 radical (unpaired) electrons. The minimum absolute atomic E-state index is 0.191. The average molecular weight is 512 g/mol. The second-order valence-corrected chi connectivity index (χ2v) is 10.6. The monoisotopic (exact) mass is 511 g/mol. The third-order valence-corrected chi connectivity index (χ3v) is 8.48. The molecule has 8 nitrogen and oxygen atoms in total. The number of aliphatic hydroxyl groups is 1. The van der Waals surface area contributed by atoms with Gasteiger partial charge in [0.15, 0.2) is 0 Å². The van der Waals surface area contributed by atoms with Gasteiger partial charge in [-0.05, 0) is 57.9 Å². The maximum atomic E-state index is 9.68. The third kappa shape index (κ3) is 4.86. The number of hydrogen-bond acceptors (Lipinski definition) is 7. The fourth-order valence-corrected chi connectivity index (χ4v) is 6.41. The molecule has 3 aromatic heterocycles. The number of aliphatic hydroxyl groups excluding tert-OH is 1. The maximum Gasteiger partial charge on any atom is 0.103 e. The molecule has 0 saturated heterocycles. The number of benzene rings is 1. The van der Waals surface area contributed by atoms with Crippen molar-refractivity contribution >= 4 is 17.3 Å². The van der Waals surface area contributed by atoms with Crippen molar-refractivity contribution in [2.45, 2.75) is 54.5 Å². The molecule has 3 heterocycles. The predicted molar refractivity (Wildman–Crippen MR) is 142 cm³/mol. The summed E-state index contributed by atoms with van der Waals surface area (Å²) < 4.78 is 3.91. The molecule has 5 rings (SSSR count). The topological polar surface area (TPSA) is 106 Å². The summed E-state index contributed by atoms with van der Waals surface area (Å²) in [6.07, 6.45) is 9.74. The predicted octanol–water partition coefficient (Wildman–Crippen LogP) is 4.81. The van der Waals surface area contributed by atoms with Gasteiger partial charge >= 0.3 is 0 Å². The van der Waals surface area contributed by atoms with Crippen LogP contribution in [0.5, 0.6) is 0 Å². The largest absolute Gasteiger partial charge is 0.395 e. The molecule has 1 N–H and O–H groups in total. The highest BCUT2D eigenvalue weighted by molar-refractivity contribution is 7.99. The van der Waals surface area contributed by atoms with Crippen LogP contribution in [-0.2, 0) is 0 Å². The van der Waals surface area contributed by atoms with E-state index in [1.54, 1.807) is 16.8 Å². The number of nitrogens with zero attached hydrogens (tertiary/aromatic N) is 7. The first kappa shape index (κ1) is 25.0. The van der Waals surface area contributed by atoms with E-state index in [1.807, 2.05) is 30.6 Å². The summed E-state index contributed by atoms with van der Waals surface area (Å²) in [5, 5.41) is 37.8. The molecule has 0 spiro atoms. The zero-order valence-electron chi connectivity index (χ0n) is 21.0. The SMILES string of the molecule is Cc1c(-c2cc(Sc3ccccc3C#N)c3c(C#N)cnn3c2)cnn1C1CCC(N(C)CCO)CC1. The molecule has 1 saturated carbocycles. The van der Waals surface area contributed by atoms with E-state index in [0.29, 0.717) is 29.8 Å². The highest BCUT2D eigenvalue weighted by Gasteiger charge is 2.27. The van der Waals surface area contributed by atoms with Crippen molar-refractivity contribution in [2.24, 2.45) is 0 Å². The summed E-state index contributed by atoms with van der Waals surface area (Å²) >= 11 is 1.47. The van der Waals surface area contributed by atoms with Crippen molar-refractivity contribution in [3.63, 3.8) is 0 Å². The fraction of sp³-hybridized carbons (Fsp3) is 0.357. The zero-order valence-corrected chi connectivity index (χ0v) is 21.8. The van der Waals surface area contributed by atoms with Crippen LogP contribution in [0.25, 0.3) is 16.6 Å². The van der Waals surface area contributed by atoms with Gasteiger partial charge in [0.1, 0.15) is 12.1 Å². The summed E-state index contributed by atoms with van der Waals surface area (Å²) in [6.45, 7) is 3.01. The summed E-state index contributed by atoms with van der Waals surface area (Å²) in [7, 11) is 2.09. The Kier molecular flexibility index (Phi) is 7.29. The first-order valence-electron chi connectivity index (χ1n) is 12.5. The van der Waals surface area contributed by atoms with E-state index >= 15 is 0 Å². The zero-order chi connectivity index (χ0) is 25.9. The van der Waals surface area contributed by atoms with E-state index in [4.69, 9.17) is 5.10 Å². The molecule has 0 bridgehead atoms. The fourth-order valence-electron chi connectivity index (χ4n) is 5.32. The van der Waals surface area contributed by atoms with Gasteiger partial charge in [-0.1, -0.05) is 23.9 Å².